The molecule has 0 saturated carbocycles. The van der Waals surface area contributed by atoms with Gasteiger partial charge in [-0.05, 0) is 6.92 Å². The summed E-state index contributed by atoms with van der Waals surface area (Å²) in [5, 5.41) is 0. The predicted octanol–water partition coefficient (Wildman–Crippen LogP) is 0.694. The van der Waals surface area contributed by atoms with Gasteiger partial charge in [-0.1, -0.05) is 0 Å². The van der Waals surface area contributed by atoms with Gasteiger partial charge in [-0.2, -0.15) is 0 Å². The van der Waals surface area contributed by atoms with Crippen LogP contribution in [0.15, 0.2) is 0 Å². The maximum Gasteiger partial charge on any atom is 0.179 e. The molecule has 0 aliphatic carbocycles. The van der Waals surface area contributed by atoms with E-state index in [-0.39, 0.29) is 6.61 Å². The van der Waals surface area contributed by atoms with Crippen molar-refractivity contribution in [2.75, 3.05) is 6.61 Å². The molecule has 0 fully saturated rings. The topological polar surface area (TPSA) is 26.3 Å². The van der Waals surface area contributed by atoms with Crippen LogP contribution in [0.3, 0.4) is 0 Å². The van der Waals surface area contributed by atoms with Crippen LogP contribution < -0.4 is 0 Å². The van der Waals surface area contributed by atoms with Gasteiger partial charge in [0, 0.05) is 0 Å². The first-order valence-electron chi connectivity index (χ1n) is 2.26. The molecule has 0 bridgehead atoms. The van der Waals surface area contributed by atoms with Crippen molar-refractivity contribution < 1.29 is 9.09 Å². The van der Waals surface area contributed by atoms with Gasteiger partial charge in [-0.15, -0.1) is 0 Å². The molecule has 5 heavy (non-hydrogen) atoms. The minimum absolute atomic E-state index is 0.171. The molecule has 0 saturated heterocycles. The van der Waals surface area contributed by atoms with Crippen molar-refractivity contribution in [3.63, 3.8) is 0 Å². The van der Waals surface area contributed by atoms with Crippen LogP contribution >= 0.6 is 8.58 Å². The summed E-state index contributed by atoms with van der Waals surface area (Å²) in [6, 6.07) is 0. The molecule has 32 valence electrons. The fourth-order valence-electron chi connectivity index (χ4n) is 0.0527. The Balaban J connectivity index is 3.36. The summed E-state index contributed by atoms with van der Waals surface area (Å²) in [6.07, 6.45) is 0. The zero-order valence-electron chi connectivity index (χ0n) is 4.97. The third-order valence-electron chi connectivity index (χ3n) is 0.182. The lowest BCUT2D eigenvalue weighted by molar-refractivity contribution is 0.365. The number of rotatable bonds is 2. The van der Waals surface area contributed by atoms with Gasteiger partial charge >= 0.3 is 0 Å². The average molecular weight is 96.1 g/mol. The SMILES string of the molecule is [2H]P([2H])(=O)OCC. The van der Waals surface area contributed by atoms with Crippen molar-refractivity contribution in [2.24, 2.45) is 0 Å². The summed E-state index contributed by atoms with van der Waals surface area (Å²) in [5.74, 6) is 0. The van der Waals surface area contributed by atoms with Crippen LogP contribution in [-0.4, -0.2) is 9.16 Å². The van der Waals surface area contributed by atoms with E-state index in [4.69, 9.17) is 2.56 Å². The van der Waals surface area contributed by atoms with E-state index in [1.807, 2.05) is 0 Å². The molecule has 3 heteroatoms. The molecule has 0 N–H and O–H groups in total. The van der Waals surface area contributed by atoms with Crippen molar-refractivity contribution in [1.82, 2.24) is 0 Å². The van der Waals surface area contributed by atoms with Gasteiger partial charge in [0.05, 0.1) is 6.61 Å². The quantitative estimate of drug-likeness (QED) is 0.473. The first kappa shape index (κ1) is 2.38. The summed E-state index contributed by atoms with van der Waals surface area (Å²) in [5.41, 5.74) is 0. The normalized spacial score (nSPS) is 17.0. The third-order valence-corrected chi connectivity index (χ3v) is 0.545. The molecular formula is C2H7O2P. The van der Waals surface area contributed by atoms with Crippen LogP contribution in [0.25, 0.3) is 0 Å². The van der Waals surface area contributed by atoms with Crippen molar-refractivity contribution in [3.05, 3.63) is 0 Å². The van der Waals surface area contributed by atoms with E-state index in [0.29, 0.717) is 0 Å². The Morgan fingerprint density at radius 3 is 3.00 bits per heavy atom. The molecule has 0 aliphatic rings. The van der Waals surface area contributed by atoms with E-state index in [1.54, 1.807) is 6.92 Å². The van der Waals surface area contributed by atoms with E-state index >= 15 is 0 Å². The Morgan fingerprint density at radius 2 is 3.00 bits per heavy atom. The Hall–Kier alpha value is 0.190. The molecule has 0 aromatic rings. The molecule has 0 amide bonds. The van der Waals surface area contributed by atoms with Crippen LogP contribution in [0.4, 0.5) is 0 Å². The highest BCUT2D eigenvalue weighted by molar-refractivity contribution is 7.17. The van der Waals surface area contributed by atoms with Gasteiger partial charge in [-0.3, -0.25) is 4.57 Å². The van der Waals surface area contributed by atoms with Crippen molar-refractivity contribution in [1.29, 1.82) is 2.56 Å². The zero-order valence-corrected chi connectivity index (χ0v) is 3.87. The largest absolute Gasteiger partial charge is 0.333 e. The van der Waals surface area contributed by atoms with E-state index in [2.05, 4.69) is 4.52 Å². The maximum atomic E-state index is 9.93. The Labute approximate surface area is 35.0 Å². The standard InChI is InChI=1S/C2H7O2P/c1-2-4-5-3/h2,5H2,1H3/i5D2. The van der Waals surface area contributed by atoms with Gasteiger partial charge in [0.1, 0.15) is 2.56 Å². The molecule has 0 heterocycles. The van der Waals surface area contributed by atoms with Crippen molar-refractivity contribution in [3.8, 4) is 0 Å². The lowest BCUT2D eigenvalue weighted by atomic mass is 10.9. The summed E-state index contributed by atoms with van der Waals surface area (Å²) in [4.78, 5) is 0. The second-order valence-electron chi connectivity index (χ2n) is 0.492. The minimum atomic E-state index is -3.67. The lowest BCUT2D eigenvalue weighted by Gasteiger charge is -1.76. The van der Waals surface area contributed by atoms with Crippen LogP contribution in [0.2, 0.25) is 0 Å². The van der Waals surface area contributed by atoms with E-state index in [0.717, 1.165) is 0 Å². The Kier molecular flexibility index (Phi) is 1.99. The molecule has 0 aliphatic heterocycles. The molecule has 0 aromatic carbocycles. The third kappa shape index (κ3) is 4.19. The Morgan fingerprint density at radius 1 is 2.40 bits per heavy atom. The zero-order chi connectivity index (χ0) is 5.91. The van der Waals surface area contributed by atoms with E-state index < -0.39 is 8.58 Å². The first-order chi connectivity index (χ1) is 3.06. The smallest absolute Gasteiger partial charge is 0.179 e. The van der Waals surface area contributed by atoms with Gasteiger partial charge in [-0.25, -0.2) is 0 Å². The second-order valence-corrected chi connectivity index (χ2v) is 0.900. The van der Waals surface area contributed by atoms with E-state index in [1.165, 1.54) is 0 Å². The highest BCUT2D eigenvalue weighted by Gasteiger charge is 1.60. The van der Waals surface area contributed by atoms with Crippen LogP contribution in [0, 0.1) is 0 Å². The highest BCUT2D eigenvalue weighted by atomic mass is 31.1. The number of hydrogen-bond acceptors (Lipinski definition) is 2. The van der Waals surface area contributed by atoms with Crippen LogP contribution in [-0.2, 0) is 9.09 Å². The second kappa shape index (κ2) is 4.19. The molecular weight excluding hydrogens is 87.0 g/mol. The van der Waals surface area contributed by atoms with Crippen LogP contribution in [0.5, 0.6) is 0 Å². The highest BCUT2D eigenvalue weighted by Crippen LogP contribution is 1.89. The average Bonchev–Trinajstić information content (AvgIpc) is 1.30. The summed E-state index contributed by atoms with van der Waals surface area (Å²) >= 11 is 0. The van der Waals surface area contributed by atoms with Crippen LogP contribution in [0.1, 0.15) is 6.92 Å². The predicted molar refractivity (Wildman–Crippen MR) is 22.0 cm³/mol. The fourth-order valence-corrected chi connectivity index (χ4v) is 0.158. The van der Waals surface area contributed by atoms with Gasteiger partial charge in [0.25, 0.3) is 0 Å². The Bertz CT molecular complexity index is 87.7. The van der Waals surface area contributed by atoms with Gasteiger partial charge in [0.15, 0.2) is 8.58 Å². The number of hydrogen-bond donors (Lipinski definition) is 0. The summed E-state index contributed by atoms with van der Waals surface area (Å²) in [6.45, 7) is 1.76. The van der Waals surface area contributed by atoms with Crippen molar-refractivity contribution >= 4 is 8.58 Å². The maximum absolute atomic E-state index is 9.93. The molecule has 0 spiro atoms. The first-order valence-corrected chi connectivity index (χ1v) is 2.09. The fraction of sp³-hybridized carbons (Fsp3) is 1.00. The van der Waals surface area contributed by atoms with Crippen molar-refractivity contribution in [2.45, 2.75) is 6.92 Å². The lowest BCUT2D eigenvalue weighted by Crippen LogP contribution is -1.65. The molecule has 0 rings (SSSR count). The van der Waals surface area contributed by atoms with E-state index in [9.17, 15) is 4.57 Å². The van der Waals surface area contributed by atoms with Gasteiger partial charge in [0.2, 0.25) is 0 Å². The van der Waals surface area contributed by atoms with Gasteiger partial charge < -0.3 is 4.52 Å². The molecule has 0 aromatic heterocycles. The molecule has 0 radical (unpaired) electrons. The monoisotopic (exact) mass is 96.0 g/mol. The summed E-state index contributed by atoms with van der Waals surface area (Å²) in [7, 11) is -3.67. The molecule has 0 unspecified atom stereocenters. The minimum Gasteiger partial charge on any atom is -0.333 e. The molecule has 0 atom stereocenters. The summed E-state index contributed by atoms with van der Waals surface area (Å²) < 4.78 is 26.7. The molecule has 2 nitrogen and oxygen atoms in total.